The molecule has 5 rings (SSSR count). The van der Waals surface area contributed by atoms with Gasteiger partial charge >= 0.3 is 5.97 Å². The molecule has 134 valence electrons. The number of benzene rings is 1. The number of esters is 1. The molecule has 2 N–H and O–H groups in total. The van der Waals surface area contributed by atoms with Gasteiger partial charge in [0.25, 0.3) is 0 Å². The molecule has 0 saturated heterocycles. The highest BCUT2D eigenvalue weighted by molar-refractivity contribution is 6.33. The third-order valence-corrected chi connectivity index (χ3v) is 6.79. The number of nitrogens with two attached hydrogens (primary N) is 1. The Kier molecular flexibility index (Phi) is 4.06. The van der Waals surface area contributed by atoms with Crippen molar-refractivity contribution in [3.63, 3.8) is 0 Å². The number of halogens is 1. The van der Waals surface area contributed by atoms with E-state index in [1.807, 2.05) is 0 Å². The normalized spacial score (nSPS) is 33.9. The van der Waals surface area contributed by atoms with E-state index in [9.17, 15) is 9.59 Å². The van der Waals surface area contributed by atoms with Crippen molar-refractivity contribution in [2.24, 2.45) is 23.2 Å². The Bertz CT molecular complexity index is 694. The summed E-state index contributed by atoms with van der Waals surface area (Å²) < 4.78 is 5.50. The number of carbonyl (C=O) groups excluding carboxylic acids is 2. The predicted molar refractivity (Wildman–Crippen MR) is 96.4 cm³/mol. The molecule has 1 atom stereocenters. The summed E-state index contributed by atoms with van der Waals surface area (Å²) in [6, 6.07) is 4.63. The molecule has 0 spiro atoms. The Labute approximate surface area is 153 Å². The molecule has 4 bridgehead atoms. The Morgan fingerprint density at radius 1 is 1.16 bits per heavy atom. The second-order valence-electron chi connectivity index (χ2n) is 8.35. The van der Waals surface area contributed by atoms with Gasteiger partial charge in [0.15, 0.2) is 11.9 Å². The third kappa shape index (κ3) is 2.95. The third-order valence-electron chi connectivity index (χ3n) is 6.45. The minimum Gasteiger partial charge on any atom is -0.451 e. The van der Waals surface area contributed by atoms with E-state index in [0.717, 1.165) is 19.3 Å². The number of ether oxygens (including phenoxy) is 1. The fourth-order valence-electron chi connectivity index (χ4n) is 5.80. The zero-order valence-corrected chi connectivity index (χ0v) is 15.2. The minimum atomic E-state index is -0.722. The van der Waals surface area contributed by atoms with E-state index in [-0.39, 0.29) is 11.2 Å². The van der Waals surface area contributed by atoms with Crippen LogP contribution in [-0.2, 0) is 9.53 Å². The van der Waals surface area contributed by atoms with Gasteiger partial charge in [-0.05, 0) is 81.4 Å². The molecule has 0 heterocycles. The zero-order chi connectivity index (χ0) is 17.8. The fourth-order valence-corrected chi connectivity index (χ4v) is 5.91. The van der Waals surface area contributed by atoms with Crippen LogP contribution in [0.1, 0.15) is 55.8 Å². The highest BCUT2D eigenvalue weighted by atomic mass is 35.5. The standard InChI is InChI=1S/C20H24ClNO3/c1-11(25-19(24)15-2-3-16(21)17(22)7-15)18(23)20-8-12-4-13(9-20)6-14(5-12)10-20/h2-3,7,11-14H,4-6,8-10,22H2,1H3/t11-,12?,13?,14?,20?/m1/s1. The lowest BCUT2D eigenvalue weighted by molar-refractivity contribution is -0.152. The molecule has 1 aromatic carbocycles. The van der Waals surface area contributed by atoms with E-state index in [2.05, 4.69) is 0 Å². The monoisotopic (exact) mass is 361 g/mol. The van der Waals surface area contributed by atoms with Crippen molar-refractivity contribution in [3.8, 4) is 0 Å². The quantitative estimate of drug-likeness (QED) is 0.642. The van der Waals surface area contributed by atoms with Crippen LogP contribution in [0.15, 0.2) is 18.2 Å². The van der Waals surface area contributed by atoms with Crippen LogP contribution in [0.4, 0.5) is 5.69 Å². The Morgan fingerprint density at radius 3 is 2.24 bits per heavy atom. The van der Waals surface area contributed by atoms with Crippen molar-refractivity contribution in [3.05, 3.63) is 28.8 Å². The molecule has 25 heavy (non-hydrogen) atoms. The summed E-state index contributed by atoms with van der Waals surface area (Å²) in [5.41, 5.74) is 6.14. The number of Topliss-reactive ketones (excluding diaryl/α,β-unsaturated/α-hetero) is 1. The van der Waals surface area contributed by atoms with Gasteiger partial charge in [0, 0.05) is 5.41 Å². The van der Waals surface area contributed by atoms with Gasteiger partial charge in [-0.25, -0.2) is 4.79 Å². The SMILES string of the molecule is C[C@@H](OC(=O)c1ccc(Cl)c(N)c1)C(=O)C12CC3CC(CC(C3)C1)C2. The summed E-state index contributed by atoms with van der Waals surface area (Å²) in [5, 5.41) is 0.397. The number of nitrogen functional groups attached to an aromatic ring is 1. The molecule has 0 unspecified atom stereocenters. The van der Waals surface area contributed by atoms with Gasteiger partial charge in [-0.3, -0.25) is 4.79 Å². The number of hydrogen-bond donors (Lipinski definition) is 1. The van der Waals surface area contributed by atoms with Crippen LogP contribution in [-0.4, -0.2) is 17.9 Å². The van der Waals surface area contributed by atoms with Crippen LogP contribution in [0, 0.1) is 23.2 Å². The van der Waals surface area contributed by atoms with Crippen LogP contribution in [0.2, 0.25) is 5.02 Å². The van der Waals surface area contributed by atoms with Crippen LogP contribution in [0.3, 0.4) is 0 Å². The van der Waals surface area contributed by atoms with Crippen molar-refractivity contribution >= 4 is 29.0 Å². The summed E-state index contributed by atoms with van der Waals surface area (Å²) in [6.45, 7) is 1.71. The van der Waals surface area contributed by atoms with E-state index in [0.29, 0.717) is 34.0 Å². The maximum absolute atomic E-state index is 13.2. The first-order valence-corrected chi connectivity index (χ1v) is 9.54. The van der Waals surface area contributed by atoms with Gasteiger partial charge in [0.2, 0.25) is 0 Å². The van der Waals surface area contributed by atoms with Gasteiger partial charge < -0.3 is 10.5 Å². The van der Waals surface area contributed by atoms with Gasteiger partial charge in [0.1, 0.15) is 0 Å². The first-order chi connectivity index (χ1) is 11.9. The molecule has 0 radical (unpaired) electrons. The highest BCUT2D eigenvalue weighted by Gasteiger charge is 2.55. The summed E-state index contributed by atoms with van der Waals surface area (Å²) >= 11 is 5.89. The molecule has 4 aliphatic carbocycles. The Balaban J connectivity index is 1.47. The van der Waals surface area contributed by atoms with E-state index in [4.69, 9.17) is 22.1 Å². The zero-order valence-electron chi connectivity index (χ0n) is 14.5. The first-order valence-electron chi connectivity index (χ1n) is 9.16. The maximum atomic E-state index is 13.2. The lowest BCUT2D eigenvalue weighted by atomic mass is 9.48. The summed E-state index contributed by atoms with van der Waals surface area (Å²) in [5.74, 6) is 1.66. The second kappa shape index (κ2) is 6.01. The number of rotatable bonds is 4. The van der Waals surface area contributed by atoms with Crippen LogP contribution in [0.5, 0.6) is 0 Å². The van der Waals surface area contributed by atoms with Crippen LogP contribution >= 0.6 is 11.6 Å². The topological polar surface area (TPSA) is 69.4 Å². The maximum Gasteiger partial charge on any atom is 0.338 e. The van der Waals surface area contributed by atoms with Crippen molar-refractivity contribution in [1.29, 1.82) is 0 Å². The van der Waals surface area contributed by atoms with Crippen molar-refractivity contribution in [2.75, 3.05) is 5.73 Å². The largest absolute Gasteiger partial charge is 0.451 e. The smallest absolute Gasteiger partial charge is 0.338 e. The lowest BCUT2D eigenvalue weighted by Gasteiger charge is -2.56. The number of ketones is 1. The first kappa shape index (κ1) is 16.9. The van der Waals surface area contributed by atoms with Crippen molar-refractivity contribution < 1.29 is 14.3 Å². The lowest BCUT2D eigenvalue weighted by Crippen LogP contribution is -2.52. The fraction of sp³-hybridized carbons (Fsp3) is 0.600. The molecule has 0 amide bonds. The molecule has 4 nitrogen and oxygen atoms in total. The Morgan fingerprint density at radius 2 is 1.72 bits per heavy atom. The minimum absolute atomic E-state index is 0.113. The van der Waals surface area contributed by atoms with E-state index in [1.54, 1.807) is 19.1 Å². The van der Waals surface area contributed by atoms with Crippen molar-refractivity contribution in [1.82, 2.24) is 0 Å². The molecule has 5 heteroatoms. The molecular weight excluding hydrogens is 338 g/mol. The summed E-state index contributed by atoms with van der Waals surface area (Å²) in [4.78, 5) is 25.5. The molecule has 4 saturated carbocycles. The number of hydrogen-bond acceptors (Lipinski definition) is 4. The molecule has 0 aliphatic heterocycles. The molecule has 1 aromatic rings. The number of anilines is 1. The summed E-state index contributed by atoms with van der Waals surface area (Å²) in [7, 11) is 0. The molecule has 4 fully saturated rings. The van der Waals surface area contributed by atoms with Crippen LogP contribution in [0.25, 0.3) is 0 Å². The van der Waals surface area contributed by atoms with Gasteiger partial charge in [-0.2, -0.15) is 0 Å². The van der Waals surface area contributed by atoms with Gasteiger partial charge in [-0.15, -0.1) is 0 Å². The molecular formula is C20H24ClNO3. The predicted octanol–water partition coefficient (Wildman–Crippen LogP) is 4.25. The van der Waals surface area contributed by atoms with Crippen molar-refractivity contribution in [2.45, 2.75) is 51.6 Å². The van der Waals surface area contributed by atoms with Gasteiger partial charge in [-0.1, -0.05) is 11.6 Å². The summed E-state index contributed by atoms with van der Waals surface area (Å²) in [6.07, 6.45) is 6.07. The van der Waals surface area contributed by atoms with E-state index in [1.165, 1.54) is 25.3 Å². The van der Waals surface area contributed by atoms with E-state index < -0.39 is 12.1 Å². The van der Waals surface area contributed by atoms with Gasteiger partial charge in [0.05, 0.1) is 16.3 Å². The molecule has 4 aliphatic rings. The van der Waals surface area contributed by atoms with Crippen LogP contribution < -0.4 is 5.73 Å². The van der Waals surface area contributed by atoms with E-state index >= 15 is 0 Å². The highest BCUT2D eigenvalue weighted by Crippen LogP contribution is 2.60. The number of carbonyl (C=O) groups is 2. The average molecular weight is 362 g/mol. The second-order valence-corrected chi connectivity index (χ2v) is 8.75. The average Bonchev–Trinajstić information content (AvgIpc) is 2.55. The molecule has 0 aromatic heterocycles. The Hall–Kier alpha value is -1.55.